The number of ether oxygens (including phenoxy) is 2. The molecule has 0 saturated carbocycles. The molecular formula is C64H49Cl6N7O16. The minimum absolute atomic E-state index is 0.0505. The Morgan fingerprint density at radius 3 is 1.71 bits per heavy atom. The van der Waals surface area contributed by atoms with Gasteiger partial charge >= 0.3 is 5.97 Å². The number of halogens is 6. The van der Waals surface area contributed by atoms with Crippen molar-refractivity contribution in [2.45, 2.75) is 56.0 Å². The number of likely N-dealkylation sites (N-methyl/N-ethyl adjacent to an activating group) is 1. The first-order chi connectivity index (χ1) is 44.1. The molecule has 10 N–H and O–H groups in total. The van der Waals surface area contributed by atoms with E-state index < -0.39 is 154 Å². The zero-order valence-corrected chi connectivity index (χ0v) is 52.8. The average molecular weight is 1380 g/mol. The normalized spacial score (nSPS) is 17.9. The predicted molar refractivity (Wildman–Crippen MR) is 340 cm³/mol. The van der Waals surface area contributed by atoms with Crippen molar-refractivity contribution in [2.75, 3.05) is 14.2 Å². The smallest absolute Gasteiger partial charge is 0.333 e. The van der Waals surface area contributed by atoms with Crippen LogP contribution in [0.25, 0.3) is 22.0 Å². The molecule has 23 nitrogen and oxygen atoms in total. The van der Waals surface area contributed by atoms with E-state index in [-0.39, 0.29) is 68.1 Å². The summed E-state index contributed by atoms with van der Waals surface area (Å²) in [6.07, 6.45) is 0.520. The van der Waals surface area contributed by atoms with Crippen LogP contribution in [0, 0.1) is 0 Å². The van der Waals surface area contributed by atoms with E-state index in [1.54, 1.807) is 12.1 Å². The van der Waals surface area contributed by atoms with Crippen LogP contribution in [0.3, 0.4) is 0 Å². The maximum Gasteiger partial charge on any atom is 0.333 e. The molecule has 7 aromatic carbocycles. The summed E-state index contributed by atoms with van der Waals surface area (Å²) >= 11 is 38.2. The highest BCUT2D eigenvalue weighted by molar-refractivity contribution is 6.45. The third kappa shape index (κ3) is 13.6. The number of aromatic nitrogens is 1. The summed E-state index contributed by atoms with van der Waals surface area (Å²) in [4.78, 5) is 133. The van der Waals surface area contributed by atoms with Crippen LogP contribution < -0.4 is 31.3 Å². The lowest BCUT2D eigenvalue weighted by atomic mass is 9.94. The van der Waals surface area contributed by atoms with Gasteiger partial charge in [0, 0.05) is 49.5 Å². The van der Waals surface area contributed by atoms with Crippen LogP contribution in [0.4, 0.5) is 0 Å². The molecule has 6 atom stereocenters. The average Bonchev–Trinajstić information content (AvgIpc) is 1.76. The summed E-state index contributed by atoms with van der Waals surface area (Å²) in [5.74, 6) is -13.0. The molecule has 93 heavy (non-hydrogen) atoms. The highest BCUT2D eigenvalue weighted by Gasteiger charge is 2.40. The lowest BCUT2D eigenvalue weighted by Gasteiger charge is -2.33. The van der Waals surface area contributed by atoms with Gasteiger partial charge in [0.1, 0.15) is 41.7 Å². The molecule has 9 bridgehead atoms. The summed E-state index contributed by atoms with van der Waals surface area (Å²) in [6, 6.07) is 13.3. The van der Waals surface area contributed by atoms with Crippen molar-refractivity contribution in [1.82, 2.24) is 36.1 Å². The number of benzene rings is 7. The number of esters is 1. The Bertz CT molecular complexity index is 4400. The van der Waals surface area contributed by atoms with Gasteiger partial charge in [-0.2, -0.15) is 0 Å². The summed E-state index contributed by atoms with van der Waals surface area (Å²) < 4.78 is 12.7. The number of rotatable bonds is 9. The number of hydrogen-bond donors (Lipinski definition) is 10. The van der Waals surface area contributed by atoms with Gasteiger partial charge in [0.2, 0.25) is 41.2 Å². The van der Waals surface area contributed by atoms with Gasteiger partial charge in [0.25, 0.3) is 5.91 Å². The quantitative estimate of drug-likeness (QED) is 0.0365. The third-order valence-corrected chi connectivity index (χ3v) is 17.3. The van der Waals surface area contributed by atoms with Crippen molar-refractivity contribution in [3.05, 3.63) is 191 Å². The van der Waals surface area contributed by atoms with E-state index >= 15 is 19.2 Å². The fourth-order valence-electron chi connectivity index (χ4n) is 10.7. The largest absolute Gasteiger partial charge is 0.508 e. The molecule has 0 unspecified atom stereocenters. The van der Waals surface area contributed by atoms with Crippen molar-refractivity contribution in [3.8, 4) is 51.4 Å². The van der Waals surface area contributed by atoms with Crippen LogP contribution in [-0.2, 0) is 51.1 Å². The van der Waals surface area contributed by atoms with E-state index in [1.165, 1.54) is 91.5 Å². The van der Waals surface area contributed by atoms with Gasteiger partial charge in [0.05, 0.1) is 42.8 Å². The Hall–Kier alpha value is -9.75. The van der Waals surface area contributed by atoms with Crippen LogP contribution in [0.5, 0.6) is 40.2 Å². The fraction of sp³-hybridized carbons (Fsp3) is 0.172. The number of nitrogens with zero attached hydrogens (tertiary/aromatic N) is 2. The molecule has 5 heterocycles. The van der Waals surface area contributed by atoms with Crippen LogP contribution in [0.15, 0.2) is 121 Å². The van der Waals surface area contributed by atoms with Gasteiger partial charge in [-0.1, -0.05) is 106 Å². The number of fused-ring (bicyclic) bond motifs is 15. The molecule has 6 amide bonds. The molecule has 12 rings (SSSR count). The number of nitrogens with one attached hydrogen (secondary N) is 5. The number of amides is 6. The molecular weight excluding hydrogens is 1340 g/mol. The van der Waals surface area contributed by atoms with E-state index in [1.807, 2.05) is 0 Å². The molecule has 478 valence electrons. The van der Waals surface area contributed by atoms with Gasteiger partial charge in [-0.15, -0.1) is 0 Å². The monoisotopic (exact) mass is 1380 g/mol. The minimum atomic E-state index is -2.12. The minimum Gasteiger partial charge on any atom is -0.508 e. The van der Waals surface area contributed by atoms with Gasteiger partial charge in [-0.25, -0.2) is 4.79 Å². The first-order valence-electron chi connectivity index (χ1n) is 27.6. The van der Waals surface area contributed by atoms with E-state index in [2.05, 4.69) is 26.6 Å². The zero-order valence-electron chi connectivity index (χ0n) is 48.3. The number of ketones is 1. The van der Waals surface area contributed by atoms with E-state index in [0.29, 0.717) is 10.9 Å². The van der Waals surface area contributed by atoms with Crippen molar-refractivity contribution >= 4 is 134 Å². The zero-order chi connectivity index (χ0) is 67.2. The second kappa shape index (κ2) is 26.8. The highest BCUT2D eigenvalue weighted by Crippen LogP contribution is 2.45. The van der Waals surface area contributed by atoms with Gasteiger partial charge in [-0.3, -0.25) is 42.9 Å². The van der Waals surface area contributed by atoms with Crippen LogP contribution in [0.2, 0.25) is 30.1 Å². The lowest BCUT2D eigenvalue weighted by molar-refractivity contribution is -0.147. The molecule has 8 aromatic rings. The first kappa shape index (κ1) is 66.2. The van der Waals surface area contributed by atoms with Gasteiger partial charge < -0.3 is 66.5 Å². The molecule has 4 aliphatic rings. The topological polar surface area (TPSA) is 342 Å². The number of carbonyl (C=O) groups excluding carboxylic acids is 9. The van der Waals surface area contributed by atoms with Crippen molar-refractivity contribution in [2.24, 2.45) is 0 Å². The number of phenols is 5. The molecule has 0 radical (unpaired) electrons. The van der Waals surface area contributed by atoms with Crippen molar-refractivity contribution < 1.29 is 78.2 Å². The fourth-order valence-corrected chi connectivity index (χ4v) is 12.2. The summed E-state index contributed by atoms with van der Waals surface area (Å²) in [6.45, 7) is 1.23. The number of carbonyl (C=O) groups is 9. The Kier molecular flexibility index (Phi) is 19.1. The highest BCUT2D eigenvalue weighted by atomic mass is 35.5. The van der Waals surface area contributed by atoms with Gasteiger partial charge in [-0.05, 0) is 118 Å². The molecule has 0 saturated heterocycles. The SMILES string of the molecule is COC(=O)[C@H](NC(=O)[C@@H]1Cc2ccc(cc2)Oc2cc3cc(c2O)-c2ccc4c(cn(C(C)=O)c4c2)C[C@@H](NC(=O)C(=O)c2cc(Cl)c(O)c(Cl)c2)C(=O)N[C@H](c2cc(Cl)c(O)c(Cl)c2)C(=O)N[C@H]3C(=O)N[C@H](c2cc(Cl)c(O)c(Cl)c2)C(=O)N1C)c1ccc(O)cc1. The number of methoxy groups -OCH3 is 1. The maximum absolute atomic E-state index is 15.9. The number of aromatic hydroxyl groups is 5. The molecule has 0 spiro atoms. The Morgan fingerprint density at radius 2 is 1.15 bits per heavy atom. The maximum atomic E-state index is 15.9. The van der Waals surface area contributed by atoms with Crippen LogP contribution in [0.1, 0.15) is 79.6 Å². The van der Waals surface area contributed by atoms with E-state index in [0.717, 1.165) is 48.4 Å². The molecule has 29 heteroatoms. The predicted octanol–water partition coefficient (Wildman–Crippen LogP) is 9.42. The Labute approximate surface area is 556 Å². The van der Waals surface area contributed by atoms with E-state index in [9.17, 15) is 49.5 Å². The van der Waals surface area contributed by atoms with Crippen LogP contribution >= 0.6 is 69.6 Å². The molecule has 1 aromatic heterocycles. The summed E-state index contributed by atoms with van der Waals surface area (Å²) in [5, 5.41) is 64.9. The van der Waals surface area contributed by atoms with Crippen LogP contribution in [-0.4, -0.2) is 114 Å². The third-order valence-electron chi connectivity index (χ3n) is 15.5. The molecule has 0 fully saturated rings. The lowest BCUT2D eigenvalue weighted by Crippen LogP contribution is -2.55. The summed E-state index contributed by atoms with van der Waals surface area (Å²) in [7, 11) is 2.29. The van der Waals surface area contributed by atoms with Crippen molar-refractivity contribution in [3.63, 3.8) is 0 Å². The Morgan fingerprint density at radius 1 is 0.624 bits per heavy atom. The van der Waals surface area contributed by atoms with Crippen molar-refractivity contribution in [1.29, 1.82) is 0 Å². The summed E-state index contributed by atoms with van der Waals surface area (Å²) in [5.41, 5.74) is -0.120. The number of hydrogen-bond acceptors (Lipinski definition) is 16. The molecule has 0 aliphatic carbocycles. The first-order valence-corrected chi connectivity index (χ1v) is 29.9. The number of Topliss-reactive ketones (excluding diaryl/α,β-unsaturated/α-hetero) is 1. The standard InChI is InChI=1S/C64H49Cl6N7O16/c1-26(78)77-25-34-22-45(71-62(89)53(80)33-20-43(69)57(84)44(70)21-33)58(85)72-50(31-16-39(65)55(82)40(66)17-31)60(87)73-49-30-15-38(29-8-13-37(34)46(77)23-29)54(81)48(24-30)93-36-11-4-27(5-12-36)14-47(59(86)75-52(64(91)92-3)28-6-9-35(79)10-7-28)76(2)63(90)51(74-61(49)88)32-18-41(67)56(83)42(68)19-32/h4-13,15-21,23-25,45,47,49-52,79,81-84H,14,22H2,1-3H3,(H,71,89)(H,72,85)(H,73,87)(H,74,88)(H,75,86)/t45-,47+,49-,50-,51-,52-/m1/s1. The van der Waals surface area contributed by atoms with E-state index in [4.69, 9.17) is 79.1 Å². The number of phenolic OH excluding ortho intramolecular Hbond substituents is 5. The van der Waals surface area contributed by atoms with Gasteiger partial charge in [0.15, 0.2) is 34.8 Å². The second-order valence-corrected chi connectivity index (χ2v) is 23.9. The second-order valence-electron chi connectivity index (χ2n) is 21.5. The molecule has 4 aliphatic heterocycles. The Balaban J connectivity index is 1.18.